The van der Waals surface area contributed by atoms with Crippen LogP contribution in [-0.2, 0) is 23.8 Å². The van der Waals surface area contributed by atoms with Crippen molar-refractivity contribution in [2.45, 2.75) is 0 Å². The van der Waals surface area contributed by atoms with Crippen molar-refractivity contribution in [2.75, 3.05) is 14.2 Å². The smallest absolute Gasteiger partial charge is 0.374 e. The Morgan fingerprint density at radius 3 is 2.16 bits per heavy atom. The summed E-state index contributed by atoms with van der Waals surface area (Å²) in [6.45, 7) is 0. The van der Waals surface area contributed by atoms with Crippen molar-refractivity contribution in [1.82, 2.24) is 0 Å². The molecule has 6 heteroatoms. The molecule has 0 aliphatic heterocycles. The molecule has 0 fully saturated rings. The van der Waals surface area contributed by atoms with Crippen molar-refractivity contribution in [3.8, 4) is 0 Å². The van der Waals surface area contributed by atoms with Gasteiger partial charge in [-0.3, -0.25) is 0 Å². The van der Waals surface area contributed by atoms with Crippen molar-refractivity contribution < 1.29 is 28.6 Å². The van der Waals surface area contributed by atoms with Crippen LogP contribution in [0.1, 0.15) is 10.4 Å². The zero-order chi connectivity index (χ0) is 14.3. The minimum Gasteiger partial charge on any atom is -0.466 e. The number of rotatable bonds is 4. The minimum atomic E-state index is -0.949. The molecule has 0 aliphatic rings. The first-order chi connectivity index (χ1) is 9.08. The standard InChI is InChI=1S/C13H12O6/c1-17-11(14)8-10(13(16)18-2)19-12(15)9-6-4-3-5-7-9/h3-8H,1-2H3/b10-8+. The minimum absolute atomic E-state index is 0.238. The van der Waals surface area contributed by atoms with Crippen LogP contribution in [0.3, 0.4) is 0 Å². The molecule has 1 aromatic carbocycles. The molecule has 0 amide bonds. The first kappa shape index (κ1) is 14.4. The van der Waals surface area contributed by atoms with Crippen LogP contribution in [0.2, 0.25) is 0 Å². The van der Waals surface area contributed by atoms with Gasteiger partial charge in [-0.15, -0.1) is 0 Å². The van der Waals surface area contributed by atoms with E-state index in [1.54, 1.807) is 18.2 Å². The number of esters is 3. The van der Waals surface area contributed by atoms with Crippen LogP contribution in [-0.4, -0.2) is 32.1 Å². The van der Waals surface area contributed by atoms with Crippen molar-refractivity contribution in [1.29, 1.82) is 0 Å². The normalized spacial score (nSPS) is 10.5. The van der Waals surface area contributed by atoms with E-state index in [0.717, 1.165) is 20.3 Å². The molecule has 6 nitrogen and oxygen atoms in total. The Hall–Kier alpha value is -2.63. The van der Waals surface area contributed by atoms with Gasteiger partial charge in [-0.1, -0.05) is 18.2 Å². The molecule has 0 unspecified atom stereocenters. The molecule has 0 aliphatic carbocycles. The third kappa shape index (κ3) is 4.27. The fraction of sp³-hybridized carbons (Fsp3) is 0.154. The highest BCUT2D eigenvalue weighted by Crippen LogP contribution is 2.08. The Kier molecular flexibility index (Phi) is 5.28. The van der Waals surface area contributed by atoms with Crippen LogP contribution in [0.5, 0.6) is 0 Å². The third-order valence-electron chi connectivity index (χ3n) is 2.05. The van der Waals surface area contributed by atoms with Crippen LogP contribution in [0.4, 0.5) is 0 Å². The van der Waals surface area contributed by atoms with Crippen LogP contribution in [0.15, 0.2) is 42.2 Å². The van der Waals surface area contributed by atoms with Crippen LogP contribution >= 0.6 is 0 Å². The molecule has 100 valence electrons. The number of methoxy groups -OCH3 is 2. The van der Waals surface area contributed by atoms with Gasteiger partial charge in [0.15, 0.2) is 0 Å². The van der Waals surface area contributed by atoms with Gasteiger partial charge in [0.25, 0.3) is 0 Å². The van der Waals surface area contributed by atoms with Gasteiger partial charge in [0.1, 0.15) is 0 Å². The highest BCUT2D eigenvalue weighted by Gasteiger charge is 2.19. The summed E-state index contributed by atoms with van der Waals surface area (Å²) in [5.74, 6) is -3.10. The number of ether oxygens (including phenoxy) is 3. The maximum Gasteiger partial charge on any atom is 0.374 e. The number of benzene rings is 1. The predicted octanol–water partition coefficient (Wildman–Crippen LogP) is 1.07. The molecular weight excluding hydrogens is 252 g/mol. The van der Waals surface area contributed by atoms with E-state index in [1.807, 2.05) is 0 Å². The second-order valence-corrected chi connectivity index (χ2v) is 3.28. The molecular formula is C13H12O6. The van der Waals surface area contributed by atoms with Gasteiger partial charge >= 0.3 is 17.9 Å². The second kappa shape index (κ2) is 6.95. The monoisotopic (exact) mass is 264 g/mol. The summed E-state index contributed by atoms with van der Waals surface area (Å²) in [7, 11) is 2.23. The fourth-order valence-electron chi connectivity index (χ4n) is 1.13. The van der Waals surface area contributed by atoms with Gasteiger partial charge in [-0.2, -0.15) is 0 Å². The largest absolute Gasteiger partial charge is 0.466 e. The Morgan fingerprint density at radius 1 is 1.00 bits per heavy atom. The molecule has 0 radical (unpaired) electrons. The van der Waals surface area contributed by atoms with Crippen molar-refractivity contribution in [3.63, 3.8) is 0 Å². The summed E-state index contributed by atoms with van der Waals surface area (Å²) in [6, 6.07) is 8.02. The topological polar surface area (TPSA) is 78.9 Å². The van der Waals surface area contributed by atoms with Gasteiger partial charge in [-0.05, 0) is 12.1 Å². The van der Waals surface area contributed by atoms with Gasteiger partial charge in [0.2, 0.25) is 5.76 Å². The van der Waals surface area contributed by atoms with Crippen LogP contribution < -0.4 is 0 Å². The predicted molar refractivity (Wildman–Crippen MR) is 64.0 cm³/mol. The summed E-state index contributed by atoms with van der Waals surface area (Å²) in [4.78, 5) is 34.1. The molecule has 0 heterocycles. The summed E-state index contributed by atoms with van der Waals surface area (Å²) < 4.78 is 13.6. The van der Waals surface area contributed by atoms with E-state index in [-0.39, 0.29) is 5.56 Å². The molecule has 0 N–H and O–H groups in total. The molecule has 1 aromatic rings. The molecule has 19 heavy (non-hydrogen) atoms. The molecule has 0 saturated carbocycles. The maximum atomic E-state index is 11.7. The maximum absolute atomic E-state index is 11.7. The first-order valence-electron chi connectivity index (χ1n) is 5.23. The molecule has 0 aromatic heterocycles. The number of carbonyl (C=O) groups excluding carboxylic acids is 3. The summed E-state index contributed by atoms with van der Waals surface area (Å²) in [5.41, 5.74) is 0.238. The van der Waals surface area contributed by atoms with E-state index in [0.29, 0.717) is 0 Å². The number of hydrogen-bond donors (Lipinski definition) is 0. The van der Waals surface area contributed by atoms with E-state index in [2.05, 4.69) is 9.47 Å². The zero-order valence-corrected chi connectivity index (χ0v) is 10.4. The average Bonchev–Trinajstić information content (AvgIpc) is 2.46. The molecule has 0 atom stereocenters. The molecule has 1 rings (SSSR count). The number of carbonyl (C=O) groups is 3. The lowest BCUT2D eigenvalue weighted by Gasteiger charge is -2.06. The molecule has 0 saturated heterocycles. The van der Waals surface area contributed by atoms with E-state index in [1.165, 1.54) is 12.1 Å². The summed E-state index contributed by atoms with van der Waals surface area (Å²) in [6.07, 6.45) is 0.743. The lowest BCUT2D eigenvalue weighted by molar-refractivity contribution is -0.141. The van der Waals surface area contributed by atoms with Crippen molar-refractivity contribution in [3.05, 3.63) is 47.7 Å². The second-order valence-electron chi connectivity index (χ2n) is 3.28. The van der Waals surface area contributed by atoms with Gasteiger partial charge in [0, 0.05) is 0 Å². The molecule has 0 spiro atoms. The Morgan fingerprint density at radius 2 is 1.63 bits per heavy atom. The fourth-order valence-corrected chi connectivity index (χ4v) is 1.13. The highest BCUT2D eigenvalue weighted by molar-refractivity contribution is 5.99. The lowest BCUT2D eigenvalue weighted by atomic mass is 10.2. The van der Waals surface area contributed by atoms with Crippen LogP contribution in [0.25, 0.3) is 0 Å². The van der Waals surface area contributed by atoms with Gasteiger partial charge in [0.05, 0.1) is 25.9 Å². The van der Waals surface area contributed by atoms with Gasteiger partial charge < -0.3 is 14.2 Å². The van der Waals surface area contributed by atoms with Gasteiger partial charge in [-0.25, -0.2) is 14.4 Å². The Balaban J connectivity index is 2.90. The lowest BCUT2D eigenvalue weighted by Crippen LogP contribution is -2.15. The van der Waals surface area contributed by atoms with E-state index >= 15 is 0 Å². The summed E-state index contributed by atoms with van der Waals surface area (Å²) >= 11 is 0. The number of hydrogen-bond acceptors (Lipinski definition) is 6. The van der Waals surface area contributed by atoms with Crippen molar-refractivity contribution >= 4 is 17.9 Å². The SMILES string of the molecule is COC(=O)/C=C(/OC(=O)c1ccccc1)C(=O)OC. The quantitative estimate of drug-likeness (QED) is 0.350. The zero-order valence-electron chi connectivity index (χ0n) is 10.4. The first-order valence-corrected chi connectivity index (χ1v) is 5.23. The van der Waals surface area contributed by atoms with E-state index < -0.39 is 23.7 Å². The Labute approximate surface area is 109 Å². The van der Waals surface area contributed by atoms with Crippen molar-refractivity contribution in [2.24, 2.45) is 0 Å². The summed E-state index contributed by atoms with van der Waals surface area (Å²) in [5, 5.41) is 0. The Bertz CT molecular complexity index is 503. The average molecular weight is 264 g/mol. The third-order valence-corrected chi connectivity index (χ3v) is 2.05. The van der Waals surface area contributed by atoms with E-state index in [4.69, 9.17) is 4.74 Å². The molecule has 0 bridgehead atoms. The van der Waals surface area contributed by atoms with E-state index in [9.17, 15) is 14.4 Å². The highest BCUT2D eigenvalue weighted by atomic mass is 16.6. The van der Waals surface area contributed by atoms with Crippen LogP contribution in [0, 0.1) is 0 Å².